The van der Waals surface area contributed by atoms with Crippen LogP contribution in [0.5, 0.6) is 0 Å². The Morgan fingerprint density at radius 2 is 2.44 bits per heavy atom. The van der Waals surface area contributed by atoms with E-state index in [1.807, 2.05) is 13.1 Å². The lowest BCUT2D eigenvalue weighted by Gasteiger charge is -2.23. The molecule has 0 saturated carbocycles. The molecule has 0 bridgehead atoms. The van der Waals surface area contributed by atoms with Crippen molar-refractivity contribution in [1.82, 2.24) is 10.2 Å². The molecule has 2 atom stereocenters. The first-order valence-electron chi connectivity index (χ1n) is 5.84. The third-order valence-corrected chi connectivity index (χ3v) is 4.76. The minimum absolute atomic E-state index is 0.513. The number of rotatable bonds is 4. The third-order valence-electron chi connectivity index (χ3n) is 3.36. The molecule has 0 spiro atoms. The number of nitrogens with zero attached hydrogens (tertiary/aromatic N) is 1. The molecule has 1 aliphatic rings. The van der Waals surface area contributed by atoms with Crippen molar-refractivity contribution >= 4 is 22.9 Å². The number of hydrogen-bond donors (Lipinski definition) is 1. The second kappa shape index (κ2) is 5.50. The van der Waals surface area contributed by atoms with Gasteiger partial charge in [0, 0.05) is 17.5 Å². The van der Waals surface area contributed by atoms with Gasteiger partial charge in [-0.15, -0.1) is 11.3 Å². The molecule has 16 heavy (non-hydrogen) atoms. The largest absolute Gasteiger partial charge is 0.319 e. The van der Waals surface area contributed by atoms with E-state index in [0.717, 1.165) is 16.8 Å². The van der Waals surface area contributed by atoms with Gasteiger partial charge in [-0.3, -0.25) is 4.90 Å². The molecule has 90 valence electrons. The van der Waals surface area contributed by atoms with Crippen molar-refractivity contribution in [3.05, 3.63) is 21.3 Å². The van der Waals surface area contributed by atoms with Crippen molar-refractivity contribution in [2.24, 2.45) is 5.92 Å². The zero-order chi connectivity index (χ0) is 11.5. The fraction of sp³-hybridized carbons (Fsp3) is 0.667. The van der Waals surface area contributed by atoms with E-state index in [9.17, 15) is 0 Å². The Hall–Kier alpha value is -0.0900. The molecule has 0 radical (unpaired) electrons. The first kappa shape index (κ1) is 12.4. The van der Waals surface area contributed by atoms with Crippen molar-refractivity contribution in [2.45, 2.75) is 19.4 Å². The molecule has 2 rings (SSSR count). The van der Waals surface area contributed by atoms with Crippen LogP contribution in [0.2, 0.25) is 4.34 Å². The van der Waals surface area contributed by atoms with Gasteiger partial charge in [-0.25, -0.2) is 0 Å². The van der Waals surface area contributed by atoms with Gasteiger partial charge in [0.15, 0.2) is 0 Å². The molecular weight excluding hydrogens is 240 g/mol. The number of halogens is 1. The Bertz CT molecular complexity index is 340. The Balaban J connectivity index is 1.94. The molecule has 0 aromatic carbocycles. The molecule has 1 aromatic rings. The van der Waals surface area contributed by atoms with Crippen LogP contribution >= 0.6 is 22.9 Å². The van der Waals surface area contributed by atoms with Crippen molar-refractivity contribution in [3.8, 4) is 0 Å². The van der Waals surface area contributed by atoms with Crippen molar-refractivity contribution in [3.63, 3.8) is 0 Å². The topological polar surface area (TPSA) is 15.3 Å². The normalized spacial score (nSPS) is 23.8. The predicted molar refractivity (Wildman–Crippen MR) is 71.4 cm³/mol. The van der Waals surface area contributed by atoms with Gasteiger partial charge >= 0.3 is 0 Å². The van der Waals surface area contributed by atoms with Crippen molar-refractivity contribution in [2.75, 3.05) is 26.7 Å². The van der Waals surface area contributed by atoms with Gasteiger partial charge in [0.05, 0.1) is 4.34 Å². The van der Waals surface area contributed by atoms with E-state index in [0.29, 0.717) is 6.04 Å². The Kier molecular flexibility index (Phi) is 4.25. The van der Waals surface area contributed by atoms with Gasteiger partial charge in [-0.1, -0.05) is 11.6 Å². The summed E-state index contributed by atoms with van der Waals surface area (Å²) >= 11 is 7.68. The molecule has 2 unspecified atom stereocenters. The number of likely N-dealkylation sites (tertiary alicyclic amines) is 1. The monoisotopic (exact) mass is 258 g/mol. The van der Waals surface area contributed by atoms with E-state index in [1.165, 1.54) is 24.4 Å². The molecular formula is C12H19ClN2S. The van der Waals surface area contributed by atoms with Crippen molar-refractivity contribution in [1.29, 1.82) is 0 Å². The van der Waals surface area contributed by atoms with E-state index in [1.54, 1.807) is 11.3 Å². The first-order valence-corrected chi connectivity index (χ1v) is 7.04. The highest BCUT2D eigenvalue weighted by atomic mass is 35.5. The second-order valence-electron chi connectivity index (χ2n) is 4.53. The van der Waals surface area contributed by atoms with E-state index in [2.05, 4.69) is 23.2 Å². The lowest BCUT2D eigenvalue weighted by atomic mass is 10.1. The minimum Gasteiger partial charge on any atom is -0.319 e. The van der Waals surface area contributed by atoms with Crippen LogP contribution < -0.4 is 5.32 Å². The van der Waals surface area contributed by atoms with E-state index in [4.69, 9.17) is 11.6 Å². The average Bonchev–Trinajstić information content (AvgIpc) is 2.87. The van der Waals surface area contributed by atoms with Gasteiger partial charge in [0.25, 0.3) is 0 Å². The second-order valence-corrected chi connectivity index (χ2v) is 6.27. The van der Waals surface area contributed by atoms with Crippen LogP contribution in [0.15, 0.2) is 12.1 Å². The van der Waals surface area contributed by atoms with Gasteiger partial charge in [-0.2, -0.15) is 0 Å². The molecule has 4 heteroatoms. The van der Waals surface area contributed by atoms with Gasteiger partial charge in [0.1, 0.15) is 0 Å². The summed E-state index contributed by atoms with van der Waals surface area (Å²) in [5.41, 5.74) is 0. The molecule has 1 fully saturated rings. The van der Waals surface area contributed by atoms with Crippen LogP contribution in [0.1, 0.15) is 24.3 Å². The maximum absolute atomic E-state index is 5.98. The summed E-state index contributed by atoms with van der Waals surface area (Å²) in [5.74, 6) is 0.808. The van der Waals surface area contributed by atoms with Crippen LogP contribution in [0, 0.1) is 5.92 Å². The van der Waals surface area contributed by atoms with E-state index < -0.39 is 0 Å². The molecule has 1 saturated heterocycles. The summed E-state index contributed by atoms with van der Waals surface area (Å²) in [5, 5.41) is 3.27. The highest BCUT2D eigenvalue weighted by Crippen LogP contribution is 2.33. The Morgan fingerprint density at radius 3 is 3.06 bits per heavy atom. The molecule has 2 heterocycles. The molecule has 1 aromatic heterocycles. The Morgan fingerprint density at radius 1 is 1.62 bits per heavy atom. The van der Waals surface area contributed by atoms with E-state index in [-0.39, 0.29) is 0 Å². The zero-order valence-electron chi connectivity index (χ0n) is 9.87. The summed E-state index contributed by atoms with van der Waals surface area (Å²) in [7, 11) is 2.03. The molecule has 1 aliphatic heterocycles. The lowest BCUT2D eigenvalue weighted by Crippen LogP contribution is -2.26. The van der Waals surface area contributed by atoms with Crippen molar-refractivity contribution < 1.29 is 0 Å². The standard InChI is InChI=1S/C12H19ClN2S/c1-9(11-3-4-12(13)16-11)15-6-5-10(8-15)7-14-2/h3-4,9-10,14H,5-8H2,1-2H3. The molecule has 1 N–H and O–H groups in total. The van der Waals surface area contributed by atoms with Gasteiger partial charge < -0.3 is 5.32 Å². The smallest absolute Gasteiger partial charge is 0.0931 e. The summed E-state index contributed by atoms with van der Waals surface area (Å²) in [6.07, 6.45) is 1.31. The first-order chi connectivity index (χ1) is 7.70. The summed E-state index contributed by atoms with van der Waals surface area (Å²) in [4.78, 5) is 3.94. The minimum atomic E-state index is 0.513. The average molecular weight is 259 g/mol. The SMILES string of the molecule is CNCC1CCN(C(C)c2ccc(Cl)s2)C1. The maximum Gasteiger partial charge on any atom is 0.0931 e. The quantitative estimate of drug-likeness (QED) is 0.893. The predicted octanol–water partition coefficient (Wildman–Crippen LogP) is 3.00. The van der Waals surface area contributed by atoms with Crippen LogP contribution in [0.4, 0.5) is 0 Å². The summed E-state index contributed by atoms with van der Waals surface area (Å²) in [6.45, 7) is 5.83. The van der Waals surface area contributed by atoms with Gasteiger partial charge in [-0.05, 0) is 51.5 Å². The Labute approximate surface area is 107 Å². The fourth-order valence-corrected chi connectivity index (χ4v) is 3.55. The van der Waals surface area contributed by atoms with Crippen LogP contribution in [-0.2, 0) is 0 Å². The van der Waals surface area contributed by atoms with E-state index >= 15 is 0 Å². The maximum atomic E-state index is 5.98. The molecule has 0 amide bonds. The third kappa shape index (κ3) is 2.77. The van der Waals surface area contributed by atoms with Gasteiger partial charge in [0.2, 0.25) is 0 Å². The number of hydrogen-bond acceptors (Lipinski definition) is 3. The zero-order valence-corrected chi connectivity index (χ0v) is 11.4. The number of nitrogens with one attached hydrogen (secondary N) is 1. The van der Waals surface area contributed by atoms with Crippen LogP contribution in [0.25, 0.3) is 0 Å². The number of thiophene rings is 1. The fourth-order valence-electron chi connectivity index (χ4n) is 2.40. The molecule has 2 nitrogen and oxygen atoms in total. The lowest BCUT2D eigenvalue weighted by molar-refractivity contribution is 0.255. The summed E-state index contributed by atoms with van der Waals surface area (Å²) < 4.78 is 0.896. The molecule has 0 aliphatic carbocycles. The highest BCUT2D eigenvalue weighted by Gasteiger charge is 2.26. The van der Waals surface area contributed by atoms with Crippen LogP contribution in [0.3, 0.4) is 0 Å². The highest BCUT2D eigenvalue weighted by molar-refractivity contribution is 7.16. The van der Waals surface area contributed by atoms with Crippen LogP contribution in [-0.4, -0.2) is 31.6 Å². The summed E-state index contributed by atoms with van der Waals surface area (Å²) in [6, 6.07) is 4.67.